The van der Waals surface area contributed by atoms with Gasteiger partial charge in [-0.15, -0.1) is 0 Å². The van der Waals surface area contributed by atoms with Gasteiger partial charge in [0.05, 0.1) is 10.5 Å². The second-order valence-electron chi connectivity index (χ2n) is 5.42. The van der Waals surface area contributed by atoms with Gasteiger partial charge in [-0.3, -0.25) is 9.78 Å². The predicted molar refractivity (Wildman–Crippen MR) is 97.1 cm³/mol. The first kappa shape index (κ1) is 16.0. The predicted octanol–water partition coefficient (Wildman–Crippen LogP) is 3.28. The maximum Gasteiger partial charge on any atom is 0.280 e. The van der Waals surface area contributed by atoms with Crippen molar-refractivity contribution in [2.24, 2.45) is 16.5 Å². The van der Waals surface area contributed by atoms with Crippen molar-refractivity contribution in [2.45, 2.75) is 6.92 Å². The van der Waals surface area contributed by atoms with E-state index in [9.17, 15) is 4.79 Å². The van der Waals surface area contributed by atoms with Gasteiger partial charge in [-0.25, -0.2) is 0 Å². The van der Waals surface area contributed by atoms with Crippen LogP contribution in [0.2, 0.25) is 5.02 Å². The second kappa shape index (κ2) is 6.29. The van der Waals surface area contributed by atoms with E-state index in [2.05, 4.69) is 9.98 Å². The van der Waals surface area contributed by atoms with Crippen LogP contribution in [0.25, 0.3) is 22.0 Å². The zero-order valence-electron chi connectivity index (χ0n) is 13.0. The number of nitrogens with two attached hydrogens (primary N) is 2. The molecule has 0 bridgehead atoms. The lowest BCUT2D eigenvalue weighted by atomic mass is 9.99. The molecule has 4 N–H and O–H groups in total. The Balaban J connectivity index is 2.24. The van der Waals surface area contributed by atoms with E-state index in [1.165, 1.54) is 0 Å². The van der Waals surface area contributed by atoms with E-state index in [0.717, 1.165) is 27.6 Å². The van der Waals surface area contributed by atoms with Crippen molar-refractivity contribution < 1.29 is 4.79 Å². The van der Waals surface area contributed by atoms with Gasteiger partial charge in [0.15, 0.2) is 5.96 Å². The number of nitrogens with zero attached hydrogens (tertiary/aromatic N) is 2. The summed E-state index contributed by atoms with van der Waals surface area (Å²) < 4.78 is 0. The number of benzene rings is 2. The molecule has 0 saturated carbocycles. The van der Waals surface area contributed by atoms with E-state index in [1.54, 1.807) is 24.4 Å². The molecule has 0 aliphatic heterocycles. The average molecular weight is 339 g/mol. The van der Waals surface area contributed by atoms with Crippen LogP contribution in [0.1, 0.15) is 15.9 Å². The summed E-state index contributed by atoms with van der Waals surface area (Å²) in [6.07, 6.45) is 1.61. The van der Waals surface area contributed by atoms with Crippen molar-refractivity contribution >= 4 is 34.4 Å². The number of guanidine groups is 1. The molecule has 1 heterocycles. The van der Waals surface area contributed by atoms with Gasteiger partial charge in [0.1, 0.15) is 0 Å². The lowest BCUT2D eigenvalue weighted by molar-refractivity contribution is 0.100. The first-order chi connectivity index (χ1) is 11.5. The maximum atomic E-state index is 12.1. The number of carbonyl (C=O) groups excluding carboxylic acids is 1. The summed E-state index contributed by atoms with van der Waals surface area (Å²) in [5.74, 6) is -0.783. The first-order valence-electron chi connectivity index (χ1n) is 7.25. The summed E-state index contributed by atoms with van der Waals surface area (Å²) >= 11 is 6.38. The van der Waals surface area contributed by atoms with Crippen LogP contribution in [-0.4, -0.2) is 16.9 Å². The molecule has 0 spiro atoms. The van der Waals surface area contributed by atoms with Crippen molar-refractivity contribution in [1.29, 1.82) is 0 Å². The Morgan fingerprint density at radius 3 is 2.50 bits per heavy atom. The number of hydrogen-bond donors (Lipinski definition) is 2. The number of rotatable bonds is 2. The lowest BCUT2D eigenvalue weighted by Crippen LogP contribution is -2.24. The standard InChI is InChI=1S/C18H15ClN4O/c1-10-2-4-11(5-3-10)16-13-8-12(17(24)23-18(20)21)6-7-15(13)22-9-14(16)19/h2-9H,1H3,(H4,20,21,23,24). The molecular formula is C18H15ClN4O. The molecule has 1 aromatic heterocycles. The molecule has 6 heteroatoms. The van der Waals surface area contributed by atoms with Gasteiger partial charge in [0.2, 0.25) is 0 Å². The van der Waals surface area contributed by atoms with E-state index in [0.29, 0.717) is 10.6 Å². The van der Waals surface area contributed by atoms with Crippen LogP contribution >= 0.6 is 11.6 Å². The van der Waals surface area contributed by atoms with E-state index in [-0.39, 0.29) is 5.96 Å². The summed E-state index contributed by atoms with van der Waals surface area (Å²) in [5, 5.41) is 1.28. The van der Waals surface area contributed by atoms with E-state index < -0.39 is 5.91 Å². The van der Waals surface area contributed by atoms with E-state index in [1.807, 2.05) is 31.2 Å². The Kier molecular flexibility index (Phi) is 4.18. The van der Waals surface area contributed by atoms with Crippen LogP contribution in [0.5, 0.6) is 0 Å². The Morgan fingerprint density at radius 1 is 1.12 bits per heavy atom. The van der Waals surface area contributed by atoms with E-state index in [4.69, 9.17) is 23.1 Å². The third-order valence-electron chi connectivity index (χ3n) is 3.64. The molecule has 0 radical (unpaired) electrons. The number of aromatic nitrogens is 1. The number of aryl methyl sites for hydroxylation is 1. The van der Waals surface area contributed by atoms with E-state index >= 15 is 0 Å². The van der Waals surface area contributed by atoms with Gasteiger partial charge < -0.3 is 11.5 Å². The zero-order valence-corrected chi connectivity index (χ0v) is 13.7. The topological polar surface area (TPSA) is 94.4 Å². The Bertz CT molecular complexity index is 961. The van der Waals surface area contributed by atoms with Crippen LogP contribution in [0.3, 0.4) is 0 Å². The minimum absolute atomic E-state index is 0.275. The fourth-order valence-corrected chi connectivity index (χ4v) is 2.76. The highest BCUT2D eigenvalue weighted by atomic mass is 35.5. The number of fused-ring (bicyclic) bond motifs is 1. The van der Waals surface area contributed by atoms with Gasteiger partial charge in [0.25, 0.3) is 5.91 Å². The molecule has 0 fully saturated rings. The summed E-state index contributed by atoms with van der Waals surface area (Å²) in [6, 6.07) is 13.1. The molecule has 0 aliphatic carbocycles. The minimum Gasteiger partial charge on any atom is -0.370 e. The second-order valence-corrected chi connectivity index (χ2v) is 5.83. The Hall–Kier alpha value is -2.92. The molecule has 0 aliphatic rings. The molecule has 120 valence electrons. The molecule has 3 rings (SSSR count). The van der Waals surface area contributed by atoms with Crippen molar-refractivity contribution in [3.8, 4) is 11.1 Å². The highest BCUT2D eigenvalue weighted by molar-refractivity contribution is 6.34. The molecule has 24 heavy (non-hydrogen) atoms. The first-order valence-corrected chi connectivity index (χ1v) is 7.63. The van der Waals surface area contributed by atoms with Crippen LogP contribution in [-0.2, 0) is 0 Å². The number of pyridine rings is 1. The minimum atomic E-state index is -0.508. The Morgan fingerprint density at radius 2 is 1.83 bits per heavy atom. The molecule has 1 amide bonds. The van der Waals surface area contributed by atoms with Crippen LogP contribution in [0.4, 0.5) is 0 Å². The number of carbonyl (C=O) groups is 1. The fourth-order valence-electron chi connectivity index (χ4n) is 2.50. The average Bonchev–Trinajstić information content (AvgIpc) is 2.55. The number of amides is 1. The van der Waals surface area contributed by atoms with Crippen LogP contribution in [0.15, 0.2) is 53.7 Å². The molecule has 0 atom stereocenters. The van der Waals surface area contributed by atoms with Crippen LogP contribution in [0, 0.1) is 6.92 Å². The third-order valence-corrected chi connectivity index (χ3v) is 3.93. The molecule has 0 saturated heterocycles. The fraction of sp³-hybridized carbons (Fsp3) is 0.0556. The number of hydrogen-bond acceptors (Lipinski definition) is 2. The van der Waals surface area contributed by atoms with Crippen molar-refractivity contribution in [1.82, 2.24) is 4.98 Å². The lowest BCUT2D eigenvalue weighted by Gasteiger charge is -2.10. The van der Waals surface area contributed by atoms with Crippen molar-refractivity contribution in [3.05, 3.63) is 64.8 Å². The summed E-state index contributed by atoms with van der Waals surface area (Å²) in [5.41, 5.74) is 14.6. The Labute approximate surface area is 144 Å². The highest BCUT2D eigenvalue weighted by Crippen LogP contribution is 2.34. The normalized spacial score (nSPS) is 10.6. The summed E-state index contributed by atoms with van der Waals surface area (Å²) in [4.78, 5) is 20.0. The number of aliphatic imine (C=N–C) groups is 1. The van der Waals surface area contributed by atoms with Gasteiger partial charge in [0, 0.05) is 22.7 Å². The maximum absolute atomic E-state index is 12.1. The van der Waals surface area contributed by atoms with Crippen LogP contribution < -0.4 is 11.5 Å². The SMILES string of the molecule is Cc1ccc(-c2c(Cl)cnc3ccc(C(=O)N=C(N)N)cc23)cc1. The van der Waals surface area contributed by atoms with Gasteiger partial charge in [-0.05, 0) is 30.7 Å². The molecule has 0 unspecified atom stereocenters. The number of halogens is 1. The monoisotopic (exact) mass is 338 g/mol. The highest BCUT2D eigenvalue weighted by Gasteiger charge is 2.13. The van der Waals surface area contributed by atoms with Crippen molar-refractivity contribution in [2.75, 3.05) is 0 Å². The molecule has 2 aromatic carbocycles. The van der Waals surface area contributed by atoms with Crippen molar-refractivity contribution in [3.63, 3.8) is 0 Å². The largest absolute Gasteiger partial charge is 0.370 e. The zero-order chi connectivity index (χ0) is 17.3. The molecule has 5 nitrogen and oxygen atoms in total. The van der Waals surface area contributed by atoms with Gasteiger partial charge in [-0.1, -0.05) is 41.4 Å². The van der Waals surface area contributed by atoms with Gasteiger partial charge in [-0.2, -0.15) is 4.99 Å². The molecule has 3 aromatic rings. The summed E-state index contributed by atoms with van der Waals surface area (Å²) in [7, 11) is 0. The molecular weight excluding hydrogens is 324 g/mol. The summed E-state index contributed by atoms with van der Waals surface area (Å²) in [6.45, 7) is 2.02. The quantitative estimate of drug-likeness (QED) is 0.553. The third kappa shape index (κ3) is 3.07. The smallest absolute Gasteiger partial charge is 0.280 e. The van der Waals surface area contributed by atoms with Gasteiger partial charge >= 0.3 is 0 Å².